The smallest absolute Gasteiger partial charge is 0.425 e. The molecule has 0 saturated heterocycles. The first kappa shape index (κ1) is 46.2. The molecule has 0 atom stereocenters. The number of rotatable bonds is 12. The van der Waals surface area contributed by atoms with Crippen LogP contribution in [-0.2, 0) is 30.2 Å². The van der Waals surface area contributed by atoms with Crippen LogP contribution in [0, 0.1) is 13.8 Å². The van der Waals surface area contributed by atoms with Gasteiger partial charge in [0.05, 0.1) is 41.1 Å². The zero-order valence-electron chi connectivity index (χ0n) is 35.2. The average molecular weight is 913 g/mol. The van der Waals surface area contributed by atoms with E-state index in [0.29, 0.717) is 24.1 Å². The Labute approximate surface area is 370 Å². The number of fused-ring (bicyclic) bond motifs is 2. The number of aryl methyl sites for hydroxylation is 2. The highest BCUT2D eigenvalue weighted by molar-refractivity contribution is 5.80. The number of halogens is 6. The summed E-state index contributed by atoms with van der Waals surface area (Å²) in [6.45, 7) is 4.92. The molecule has 8 rings (SSSR count). The maximum Gasteiger partial charge on any atom is 0.425 e. The molecule has 340 valence electrons. The van der Waals surface area contributed by atoms with Crippen molar-refractivity contribution in [3.8, 4) is 29.0 Å². The molecule has 4 heterocycles. The first-order valence-corrected chi connectivity index (χ1v) is 19.9. The Morgan fingerprint density at radius 2 is 1.12 bits per heavy atom. The van der Waals surface area contributed by atoms with Crippen LogP contribution in [0.15, 0.2) is 136 Å². The summed E-state index contributed by atoms with van der Waals surface area (Å²) in [4.78, 5) is 50.3. The van der Waals surface area contributed by atoms with Gasteiger partial charge in [-0.15, -0.1) is 0 Å². The highest BCUT2D eigenvalue weighted by Crippen LogP contribution is 2.43. The van der Waals surface area contributed by atoms with E-state index >= 15 is 0 Å². The summed E-state index contributed by atoms with van der Waals surface area (Å²) in [5, 5.41) is 0.386. The van der Waals surface area contributed by atoms with Crippen LogP contribution < -0.4 is 30.8 Å². The second kappa shape index (κ2) is 19.5. The van der Waals surface area contributed by atoms with Gasteiger partial charge in [0.25, 0.3) is 11.1 Å². The minimum atomic E-state index is -4.90. The number of H-pyrrole nitrogens is 1. The predicted octanol–water partition coefficient (Wildman–Crippen LogP) is 9.24. The number of ether oxygens (including phenoxy) is 4. The van der Waals surface area contributed by atoms with Gasteiger partial charge in [-0.05, 0) is 67.4 Å². The van der Waals surface area contributed by atoms with Crippen molar-refractivity contribution in [3.05, 3.63) is 186 Å². The van der Waals surface area contributed by atoms with Crippen molar-refractivity contribution >= 4 is 21.8 Å². The van der Waals surface area contributed by atoms with Gasteiger partial charge in [0.2, 0.25) is 11.8 Å². The van der Waals surface area contributed by atoms with Gasteiger partial charge in [-0.1, -0.05) is 59.7 Å². The van der Waals surface area contributed by atoms with Crippen LogP contribution in [0.1, 0.15) is 33.4 Å². The number of nitrogens with zero attached hydrogens (tertiary/aromatic N) is 5. The van der Waals surface area contributed by atoms with Gasteiger partial charge in [-0.2, -0.15) is 36.3 Å². The number of nitrogens with one attached hydrogen (secondary N) is 1. The predicted molar refractivity (Wildman–Crippen MR) is 231 cm³/mol. The summed E-state index contributed by atoms with van der Waals surface area (Å²) in [7, 11) is 1.42. The minimum absolute atomic E-state index is 0.0107. The zero-order chi connectivity index (χ0) is 47.2. The third kappa shape index (κ3) is 10.9. The summed E-state index contributed by atoms with van der Waals surface area (Å²) in [5.41, 5.74) is 0.473. The second-order valence-electron chi connectivity index (χ2n) is 14.8. The fourth-order valence-electron chi connectivity index (χ4n) is 6.70. The standard InChI is InChI=1S/C25H22F3N3O4.C22H16F3N3O3/c1-16-3-5-17(6-4-16)14-31-15-30-23(32)19-13-18(7-8-20(19)31)35-24-22(25(26,27)28)21(9-10-29-24)34-12-11-33-2;1-13-2-4-14(5-3-13)11-28-12-27-20(30)16-10-15(6-7-17(16)28)31-21-19(22(23,24)25)18(29)8-9-26-21/h3-10,13,15H,11-12,14H2,1-2H3;2-10,12H,11H2,1H3,(H,26,29). The largest absolute Gasteiger partial charge is 0.490 e. The Balaban J connectivity index is 0.000000198. The lowest BCUT2D eigenvalue weighted by Crippen LogP contribution is -2.20. The molecule has 0 aliphatic carbocycles. The zero-order valence-corrected chi connectivity index (χ0v) is 35.2. The Bertz CT molecular complexity index is 3190. The molecule has 0 fully saturated rings. The van der Waals surface area contributed by atoms with Crippen molar-refractivity contribution in [2.75, 3.05) is 20.3 Å². The molecule has 13 nitrogen and oxygen atoms in total. The molecule has 0 bridgehead atoms. The van der Waals surface area contributed by atoms with Crippen molar-refractivity contribution in [2.24, 2.45) is 0 Å². The number of alkyl halides is 6. The number of hydrogen-bond acceptors (Lipinski definition) is 10. The van der Waals surface area contributed by atoms with E-state index < -0.39 is 57.5 Å². The van der Waals surface area contributed by atoms with Gasteiger partial charge in [-0.3, -0.25) is 14.4 Å². The highest BCUT2D eigenvalue weighted by atomic mass is 19.4. The number of methoxy groups -OCH3 is 1. The molecule has 1 N–H and O–H groups in total. The van der Waals surface area contributed by atoms with E-state index in [1.54, 1.807) is 21.3 Å². The van der Waals surface area contributed by atoms with Crippen LogP contribution >= 0.6 is 0 Å². The van der Waals surface area contributed by atoms with Crippen LogP contribution in [0.3, 0.4) is 0 Å². The minimum Gasteiger partial charge on any atom is -0.490 e. The van der Waals surface area contributed by atoms with Crippen molar-refractivity contribution in [3.63, 3.8) is 0 Å². The van der Waals surface area contributed by atoms with E-state index in [9.17, 15) is 40.7 Å². The van der Waals surface area contributed by atoms with E-state index in [-0.39, 0.29) is 35.5 Å². The summed E-state index contributed by atoms with van der Waals surface area (Å²) in [6, 6.07) is 26.4. The Kier molecular flexibility index (Phi) is 13.7. The summed E-state index contributed by atoms with van der Waals surface area (Å²) < 4.78 is 106. The number of pyridine rings is 2. The lowest BCUT2D eigenvalue weighted by Gasteiger charge is -2.17. The number of aromatic amines is 1. The molecule has 4 aromatic carbocycles. The fraction of sp³-hybridized carbons (Fsp3) is 0.191. The summed E-state index contributed by atoms with van der Waals surface area (Å²) >= 11 is 0. The third-order valence-electron chi connectivity index (χ3n) is 9.94. The van der Waals surface area contributed by atoms with Crippen LogP contribution in [0.5, 0.6) is 29.0 Å². The molecular formula is C47H38F6N6O7. The molecular weight excluding hydrogens is 875 g/mol. The SMILES string of the molecule is COCCOc1ccnc(Oc2ccc3c(c2)c(=O)ncn3Cc2ccc(C)cc2)c1C(F)(F)F.Cc1ccc(Cn2cnc(=O)c3cc(Oc4[nH]ccc(=O)c4C(F)(F)F)ccc32)cc1. The van der Waals surface area contributed by atoms with Crippen LogP contribution in [0.2, 0.25) is 0 Å². The molecule has 8 aromatic rings. The van der Waals surface area contributed by atoms with Crippen LogP contribution in [-0.4, -0.2) is 49.4 Å². The third-order valence-corrected chi connectivity index (χ3v) is 9.94. The molecule has 0 aliphatic heterocycles. The van der Waals surface area contributed by atoms with Gasteiger partial charge in [-0.25, -0.2) is 4.98 Å². The Hall–Kier alpha value is -7.80. The lowest BCUT2D eigenvalue weighted by atomic mass is 10.1. The molecule has 0 unspecified atom stereocenters. The first-order chi connectivity index (χ1) is 31.5. The molecule has 0 radical (unpaired) electrons. The molecule has 0 aliphatic rings. The fourth-order valence-corrected chi connectivity index (χ4v) is 6.70. The maximum atomic E-state index is 13.8. The Morgan fingerprint density at radius 1 is 0.606 bits per heavy atom. The van der Waals surface area contributed by atoms with Crippen molar-refractivity contribution in [2.45, 2.75) is 39.3 Å². The number of aromatic nitrogens is 6. The molecule has 19 heteroatoms. The van der Waals surface area contributed by atoms with Crippen molar-refractivity contribution in [1.29, 1.82) is 0 Å². The molecule has 4 aromatic heterocycles. The van der Waals surface area contributed by atoms with Gasteiger partial charge in [0.1, 0.15) is 23.9 Å². The lowest BCUT2D eigenvalue weighted by molar-refractivity contribution is -0.141. The topological polar surface area (TPSA) is 152 Å². The van der Waals surface area contributed by atoms with Crippen LogP contribution in [0.4, 0.5) is 26.3 Å². The van der Waals surface area contributed by atoms with E-state index in [4.69, 9.17) is 18.9 Å². The average Bonchev–Trinajstić information content (AvgIpc) is 3.27. The van der Waals surface area contributed by atoms with Gasteiger partial charge < -0.3 is 33.1 Å². The van der Waals surface area contributed by atoms with Crippen molar-refractivity contribution < 1.29 is 45.3 Å². The number of hydrogen-bond donors (Lipinski definition) is 1. The van der Waals surface area contributed by atoms with Gasteiger partial charge >= 0.3 is 12.4 Å². The van der Waals surface area contributed by atoms with E-state index in [0.717, 1.165) is 46.8 Å². The Morgan fingerprint density at radius 3 is 1.62 bits per heavy atom. The van der Waals surface area contributed by atoms with E-state index in [1.165, 1.54) is 44.0 Å². The highest BCUT2D eigenvalue weighted by Gasteiger charge is 2.40. The number of benzene rings is 4. The molecule has 0 saturated carbocycles. The molecule has 0 amide bonds. The van der Waals surface area contributed by atoms with Crippen LogP contribution in [0.25, 0.3) is 21.8 Å². The van der Waals surface area contributed by atoms with Gasteiger partial charge in [0, 0.05) is 38.7 Å². The monoisotopic (exact) mass is 912 g/mol. The van der Waals surface area contributed by atoms with E-state index in [1.807, 2.05) is 62.4 Å². The quantitative estimate of drug-likeness (QED) is 0.0928. The van der Waals surface area contributed by atoms with E-state index in [2.05, 4.69) is 19.9 Å². The summed E-state index contributed by atoms with van der Waals surface area (Å²) in [5.74, 6) is -1.88. The normalized spacial score (nSPS) is 11.6. The molecule has 66 heavy (non-hydrogen) atoms. The van der Waals surface area contributed by atoms with Gasteiger partial charge in [0.15, 0.2) is 16.6 Å². The molecule has 0 spiro atoms. The first-order valence-electron chi connectivity index (χ1n) is 19.9. The second-order valence-corrected chi connectivity index (χ2v) is 14.8. The van der Waals surface area contributed by atoms with Crippen molar-refractivity contribution in [1.82, 2.24) is 29.1 Å². The summed E-state index contributed by atoms with van der Waals surface area (Å²) in [6.07, 6.45) is -4.61. The maximum absolute atomic E-state index is 13.8.